The minimum atomic E-state index is -4.21. The molecule has 0 aromatic carbocycles. The van der Waals surface area contributed by atoms with E-state index in [4.69, 9.17) is 10.5 Å². The minimum Gasteiger partial charge on any atom is -0.385 e. The first-order chi connectivity index (χ1) is 6.93. The molecular formula is C9H19F3N2O. The fraction of sp³-hybridized carbons (Fsp3) is 1.00. The lowest BCUT2D eigenvalue weighted by atomic mass is 10.1. The van der Waals surface area contributed by atoms with Gasteiger partial charge in [0.2, 0.25) is 0 Å². The topological polar surface area (TPSA) is 38.5 Å². The lowest BCUT2D eigenvalue weighted by Crippen LogP contribution is -2.45. The molecule has 0 radical (unpaired) electrons. The second-order valence-corrected chi connectivity index (χ2v) is 3.46. The molecule has 0 spiro atoms. The Kier molecular flexibility index (Phi) is 6.87. The van der Waals surface area contributed by atoms with Gasteiger partial charge in [0.25, 0.3) is 0 Å². The summed E-state index contributed by atoms with van der Waals surface area (Å²) in [6.45, 7) is 0.869. The standard InChI is InChI=1S/C9H19F3N2O/c1-14(6-3-7-15-2)8(4-5-13)9(10,11)12/h8H,3-7,13H2,1-2H3. The van der Waals surface area contributed by atoms with E-state index in [0.29, 0.717) is 19.6 Å². The summed E-state index contributed by atoms with van der Waals surface area (Å²) in [7, 11) is 2.99. The summed E-state index contributed by atoms with van der Waals surface area (Å²) in [5.41, 5.74) is 5.17. The summed E-state index contributed by atoms with van der Waals surface area (Å²) < 4.78 is 42.4. The maximum atomic E-state index is 12.5. The average Bonchev–Trinajstić information content (AvgIpc) is 2.12. The van der Waals surface area contributed by atoms with Crippen molar-refractivity contribution in [1.29, 1.82) is 0 Å². The molecule has 0 saturated carbocycles. The number of hydrogen-bond donors (Lipinski definition) is 1. The molecule has 92 valence electrons. The van der Waals surface area contributed by atoms with Crippen molar-refractivity contribution in [3.63, 3.8) is 0 Å². The smallest absolute Gasteiger partial charge is 0.385 e. The first-order valence-electron chi connectivity index (χ1n) is 4.89. The van der Waals surface area contributed by atoms with Crippen molar-refractivity contribution < 1.29 is 17.9 Å². The van der Waals surface area contributed by atoms with Gasteiger partial charge in [0, 0.05) is 20.3 Å². The van der Waals surface area contributed by atoms with Crippen molar-refractivity contribution in [2.45, 2.75) is 25.1 Å². The van der Waals surface area contributed by atoms with Crippen molar-refractivity contribution >= 4 is 0 Å². The molecule has 0 heterocycles. The zero-order chi connectivity index (χ0) is 11.9. The number of alkyl halides is 3. The highest BCUT2D eigenvalue weighted by Crippen LogP contribution is 2.26. The van der Waals surface area contributed by atoms with Gasteiger partial charge in [-0.25, -0.2) is 0 Å². The van der Waals surface area contributed by atoms with Crippen LogP contribution in [0.2, 0.25) is 0 Å². The second-order valence-electron chi connectivity index (χ2n) is 3.46. The number of ether oxygens (including phenoxy) is 1. The number of halogens is 3. The monoisotopic (exact) mass is 228 g/mol. The molecule has 0 rings (SSSR count). The van der Waals surface area contributed by atoms with E-state index in [-0.39, 0.29) is 13.0 Å². The van der Waals surface area contributed by atoms with Gasteiger partial charge < -0.3 is 10.5 Å². The Balaban J connectivity index is 4.11. The van der Waals surface area contributed by atoms with Crippen molar-refractivity contribution in [3.05, 3.63) is 0 Å². The average molecular weight is 228 g/mol. The van der Waals surface area contributed by atoms with Crippen LogP contribution in [-0.4, -0.2) is 51.0 Å². The Labute approximate surface area is 88.4 Å². The van der Waals surface area contributed by atoms with Gasteiger partial charge in [-0.1, -0.05) is 0 Å². The maximum Gasteiger partial charge on any atom is 0.404 e. The van der Waals surface area contributed by atoms with Crippen LogP contribution >= 0.6 is 0 Å². The van der Waals surface area contributed by atoms with Gasteiger partial charge in [-0.05, 0) is 26.4 Å². The van der Waals surface area contributed by atoms with Crippen LogP contribution < -0.4 is 5.73 Å². The van der Waals surface area contributed by atoms with Gasteiger partial charge in [0.1, 0.15) is 6.04 Å². The predicted molar refractivity (Wildman–Crippen MR) is 52.6 cm³/mol. The van der Waals surface area contributed by atoms with E-state index in [2.05, 4.69) is 0 Å². The third-order valence-corrected chi connectivity index (χ3v) is 2.21. The summed E-state index contributed by atoms with van der Waals surface area (Å²) in [6.07, 6.45) is -3.68. The van der Waals surface area contributed by atoms with Crippen LogP contribution in [0.5, 0.6) is 0 Å². The molecule has 0 aliphatic heterocycles. The summed E-state index contributed by atoms with van der Waals surface area (Å²) in [6, 6.07) is -1.45. The normalized spacial score (nSPS) is 14.6. The fourth-order valence-electron chi connectivity index (χ4n) is 1.41. The third-order valence-electron chi connectivity index (χ3n) is 2.21. The van der Waals surface area contributed by atoms with Gasteiger partial charge in [-0.3, -0.25) is 4.90 Å². The van der Waals surface area contributed by atoms with Crippen molar-refractivity contribution in [2.24, 2.45) is 5.73 Å². The number of methoxy groups -OCH3 is 1. The molecule has 0 aromatic rings. The zero-order valence-electron chi connectivity index (χ0n) is 9.18. The number of nitrogens with two attached hydrogens (primary N) is 1. The van der Waals surface area contributed by atoms with E-state index >= 15 is 0 Å². The molecule has 0 aromatic heterocycles. The van der Waals surface area contributed by atoms with E-state index < -0.39 is 12.2 Å². The zero-order valence-corrected chi connectivity index (χ0v) is 9.18. The first kappa shape index (κ1) is 14.7. The van der Waals surface area contributed by atoms with E-state index in [1.54, 1.807) is 0 Å². The number of nitrogens with zero attached hydrogens (tertiary/aromatic N) is 1. The Bertz CT molecular complexity index is 164. The van der Waals surface area contributed by atoms with Crippen molar-refractivity contribution in [2.75, 3.05) is 33.9 Å². The molecule has 15 heavy (non-hydrogen) atoms. The number of hydrogen-bond acceptors (Lipinski definition) is 3. The van der Waals surface area contributed by atoms with Crippen LogP contribution in [0.1, 0.15) is 12.8 Å². The van der Waals surface area contributed by atoms with Gasteiger partial charge in [0.15, 0.2) is 0 Å². The highest BCUT2D eigenvalue weighted by Gasteiger charge is 2.41. The van der Waals surface area contributed by atoms with Gasteiger partial charge in [-0.15, -0.1) is 0 Å². The molecule has 3 nitrogen and oxygen atoms in total. The Morgan fingerprint density at radius 3 is 2.40 bits per heavy atom. The summed E-state index contributed by atoms with van der Waals surface area (Å²) in [4.78, 5) is 1.28. The minimum absolute atomic E-state index is 0.0405. The van der Waals surface area contributed by atoms with E-state index in [0.717, 1.165) is 0 Å². The molecule has 1 unspecified atom stereocenters. The second kappa shape index (κ2) is 7.03. The molecule has 0 bridgehead atoms. The van der Waals surface area contributed by atoms with Crippen LogP contribution in [0.25, 0.3) is 0 Å². The lowest BCUT2D eigenvalue weighted by molar-refractivity contribution is -0.181. The van der Waals surface area contributed by atoms with Crippen LogP contribution in [0, 0.1) is 0 Å². The van der Waals surface area contributed by atoms with E-state index in [9.17, 15) is 13.2 Å². The van der Waals surface area contributed by atoms with Crippen LogP contribution in [0.15, 0.2) is 0 Å². The van der Waals surface area contributed by atoms with Gasteiger partial charge >= 0.3 is 6.18 Å². The summed E-state index contributed by atoms with van der Waals surface area (Å²) in [5, 5.41) is 0. The highest BCUT2D eigenvalue weighted by atomic mass is 19.4. The number of rotatable bonds is 7. The van der Waals surface area contributed by atoms with Crippen LogP contribution in [-0.2, 0) is 4.74 Å². The van der Waals surface area contributed by atoms with Gasteiger partial charge in [0.05, 0.1) is 0 Å². The fourth-order valence-corrected chi connectivity index (χ4v) is 1.41. The molecule has 1 atom stereocenters. The third kappa shape index (κ3) is 5.96. The molecule has 2 N–H and O–H groups in total. The summed E-state index contributed by atoms with van der Waals surface area (Å²) in [5.74, 6) is 0. The summed E-state index contributed by atoms with van der Waals surface area (Å²) >= 11 is 0. The van der Waals surface area contributed by atoms with Gasteiger partial charge in [-0.2, -0.15) is 13.2 Å². The molecular weight excluding hydrogens is 209 g/mol. The van der Waals surface area contributed by atoms with Crippen LogP contribution in [0.4, 0.5) is 13.2 Å². The molecule has 6 heteroatoms. The molecule has 0 aliphatic carbocycles. The van der Waals surface area contributed by atoms with Crippen molar-refractivity contribution in [3.8, 4) is 0 Å². The van der Waals surface area contributed by atoms with Crippen LogP contribution in [0.3, 0.4) is 0 Å². The molecule has 0 amide bonds. The quantitative estimate of drug-likeness (QED) is 0.666. The highest BCUT2D eigenvalue weighted by molar-refractivity contribution is 4.76. The van der Waals surface area contributed by atoms with E-state index in [1.165, 1.54) is 19.1 Å². The van der Waals surface area contributed by atoms with E-state index in [1.807, 2.05) is 0 Å². The maximum absolute atomic E-state index is 12.5. The predicted octanol–water partition coefficient (Wildman–Crippen LogP) is 1.23. The molecule has 0 fully saturated rings. The lowest BCUT2D eigenvalue weighted by Gasteiger charge is -2.29. The Morgan fingerprint density at radius 2 is 2.00 bits per heavy atom. The molecule has 0 aliphatic rings. The first-order valence-corrected chi connectivity index (χ1v) is 4.89. The largest absolute Gasteiger partial charge is 0.404 e. The Morgan fingerprint density at radius 1 is 1.40 bits per heavy atom. The Hall–Kier alpha value is -0.330. The van der Waals surface area contributed by atoms with Crippen molar-refractivity contribution in [1.82, 2.24) is 4.90 Å². The molecule has 0 saturated heterocycles. The SMILES string of the molecule is COCCCN(C)C(CCN)C(F)(F)F.